The number of methoxy groups -OCH3 is 1. The lowest BCUT2D eigenvalue weighted by Gasteiger charge is -2.26. The van der Waals surface area contributed by atoms with Gasteiger partial charge in [-0.2, -0.15) is 5.26 Å². The van der Waals surface area contributed by atoms with Gasteiger partial charge in [-0.3, -0.25) is 14.2 Å². The maximum atomic E-state index is 12.8. The number of hydrogen-bond donors (Lipinski definition) is 0. The van der Waals surface area contributed by atoms with Crippen molar-refractivity contribution in [2.24, 2.45) is 0 Å². The van der Waals surface area contributed by atoms with E-state index in [1.54, 1.807) is 18.1 Å². The van der Waals surface area contributed by atoms with Crippen LogP contribution >= 0.6 is 11.3 Å². The first-order valence-corrected chi connectivity index (χ1v) is 9.77. The molecule has 0 N–H and O–H groups in total. The zero-order valence-corrected chi connectivity index (χ0v) is 16.6. The number of rotatable bonds is 4. The Hall–Kier alpha value is -2.89. The molecule has 2 aromatic rings. The number of ether oxygens (including phenoxy) is 2. The molecule has 0 atom stereocenters. The predicted molar refractivity (Wildman–Crippen MR) is 106 cm³/mol. The summed E-state index contributed by atoms with van der Waals surface area (Å²) < 4.78 is 12.8. The minimum Gasteiger partial charge on any atom is -0.497 e. The normalized spacial score (nSPS) is 15.9. The van der Waals surface area contributed by atoms with E-state index >= 15 is 0 Å². The highest BCUT2D eigenvalue weighted by Crippen LogP contribution is 2.12. The van der Waals surface area contributed by atoms with Crippen molar-refractivity contribution < 1.29 is 14.3 Å². The van der Waals surface area contributed by atoms with Crippen molar-refractivity contribution in [2.45, 2.75) is 13.5 Å². The van der Waals surface area contributed by atoms with E-state index in [4.69, 9.17) is 9.47 Å². The Kier molecular flexibility index (Phi) is 6.29. The summed E-state index contributed by atoms with van der Waals surface area (Å²) in [6.45, 7) is 3.97. The minimum absolute atomic E-state index is 0.00357. The summed E-state index contributed by atoms with van der Waals surface area (Å²) in [5, 5.41) is 9.66. The van der Waals surface area contributed by atoms with E-state index in [0.29, 0.717) is 47.8 Å². The van der Waals surface area contributed by atoms with Gasteiger partial charge in [0.2, 0.25) is 0 Å². The Bertz CT molecular complexity index is 1090. The van der Waals surface area contributed by atoms with Crippen molar-refractivity contribution >= 4 is 28.9 Å². The summed E-state index contributed by atoms with van der Waals surface area (Å²) in [7, 11) is 1.58. The van der Waals surface area contributed by atoms with E-state index in [-0.39, 0.29) is 17.0 Å². The van der Waals surface area contributed by atoms with Crippen LogP contribution in [0.1, 0.15) is 12.5 Å². The number of morpholine rings is 1. The average molecular weight is 399 g/mol. The maximum absolute atomic E-state index is 12.8. The summed E-state index contributed by atoms with van der Waals surface area (Å²) in [6.07, 6.45) is 1.75. The monoisotopic (exact) mass is 399 g/mol. The van der Waals surface area contributed by atoms with Crippen LogP contribution in [0.25, 0.3) is 11.6 Å². The third-order valence-electron chi connectivity index (χ3n) is 4.45. The molecule has 146 valence electrons. The van der Waals surface area contributed by atoms with Crippen molar-refractivity contribution in [1.29, 1.82) is 5.26 Å². The Labute approximate surface area is 166 Å². The lowest BCUT2D eigenvalue weighted by atomic mass is 10.2. The van der Waals surface area contributed by atoms with E-state index in [1.165, 1.54) is 4.57 Å². The molecule has 1 saturated heterocycles. The van der Waals surface area contributed by atoms with Crippen molar-refractivity contribution in [1.82, 2.24) is 9.47 Å². The van der Waals surface area contributed by atoms with Crippen molar-refractivity contribution in [2.75, 3.05) is 33.4 Å². The molecule has 0 spiro atoms. The molecular weight excluding hydrogens is 378 g/mol. The molecule has 1 amide bonds. The average Bonchev–Trinajstić information content (AvgIpc) is 3.04. The summed E-state index contributed by atoms with van der Waals surface area (Å²) in [5.74, 6) is 0.329. The van der Waals surface area contributed by atoms with Gasteiger partial charge in [0.05, 0.1) is 24.9 Å². The molecule has 8 heteroatoms. The molecule has 1 aromatic heterocycles. The molecule has 7 nitrogen and oxygen atoms in total. The van der Waals surface area contributed by atoms with Gasteiger partial charge < -0.3 is 14.4 Å². The summed E-state index contributed by atoms with van der Waals surface area (Å²) in [4.78, 5) is 27.3. The third-order valence-corrected chi connectivity index (χ3v) is 5.58. The Morgan fingerprint density at radius 1 is 1.39 bits per heavy atom. The van der Waals surface area contributed by atoms with E-state index < -0.39 is 0 Å². The summed E-state index contributed by atoms with van der Waals surface area (Å²) in [5.41, 5.74) is 0.592. The highest BCUT2D eigenvalue weighted by molar-refractivity contribution is 7.07. The fourth-order valence-corrected chi connectivity index (χ4v) is 4.14. The molecule has 2 heterocycles. The van der Waals surface area contributed by atoms with Crippen LogP contribution in [-0.4, -0.2) is 48.8 Å². The number of hydrogen-bond acceptors (Lipinski definition) is 6. The molecule has 1 aliphatic heterocycles. The van der Waals surface area contributed by atoms with E-state index in [0.717, 1.165) is 16.9 Å². The number of carbonyl (C=O) groups excluding carboxylic acids is 1. The number of thiazole rings is 1. The lowest BCUT2D eigenvalue weighted by Crippen LogP contribution is -2.42. The van der Waals surface area contributed by atoms with Crippen LogP contribution < -0.4 is 19.5 Å². The number of benzene rings is 1. The molecule has 0 unspecified atom stereocenters. The second-order valence-electron chi connectivity index (χ2n) is 6.13. The summed E-state index contributed by atoms with van der Waals surface area (Å²) >= 11 is 1.16. The predicted octanol–water partition coefficient (Wildman–Crippen LogP) is 0.300. The first-order chi connectivity index (χ1) is 13.6. The van der Waals surface area contributed by atoms with E-state index in [1.807, 2.05) is 37.3 Å². The van der Waals surface area contributed by atoms with Crippen LogP contribution in [0.2, 0.25) is 0 Å². The van der Waals surface area contributed by atoms with E-state index in [9.17, 15) is 14.9 Å². The van der Waals surface area contributed by atoms with Crippen LogP contribution in [0.15, 0.2) is 29.1 Å². The zero-order valence-electron chi connectivity index (χ0n) is 15.8. The van der Waals surface area contributed by atoms with Gasteiger partial charge >= 0.3 is 0 Å². The SMILES string of the molecule is CCn1c(=O)/c(=C/c2cccc(OC)c2)s/c1=C(/C#N)C(=O)N1CCOCC1. The lowest BCUT2D eigenvalue weighted by molar-refractivity contribution is -0.128. The highest BCUT2D eigenvalue weighted by atomic mass is 32.1. The Morgan fingerprint density at radius 2 is 2.14 bits per heavy atom. The zero-order chi connectivity index (χ0) is 20.1. The van der Waals surface area contributed by atoms with Crippen LogP contribution in [0, 0.1) is 11.3 Å². The number of nitriles is 1. The molecule has 0 radical (unpaired) electrons. The van der Waals surface area contributed by atoms with Crippen LogP contribution in [0.5, 0.6) is 5.75 Å². The molecule has 3 rings (SSSR count). The number of amides is 1. The van der Waals surface area contributed by atoms with E-state index in [2.05, 4.69) is 0 Å². The second-order valence-corrected chi connectivity index (χ2v) is 7.16. The maximum Gasteiger partial charge on any atom is 0.269 e. The van der Waals surface area contributed by atoms with Crippen molar-refractivity contribution in [3.05, 3.63) is 49.4 Å². The largest absolute Gasteiger partial charge is 0.497 e. The van der Waals surface area contributed by atoms with Crippen molar-refractivity contribution in [3.8, 4) is 11.8 Å². The van der Waals surface area contributed by atoms with Gasteiger partial charge in [-0.15, -0.1) is 11.3 Å². The number of nitrogens with zero attached hydrogens (tertiary/aromatic N) is 3. The Balaban J connectivity index is 2.15. The topological polar surface area (TPSA) is 84.6 Å². The third kappa shape index (κ3) is 4.01. The fraction of sp³-hybridized carbons (Fsp3) is 0.350. The van der Waals surface area contributed by atoms with Crippen LogP contribution in [0.3, 0.4) is 0 Å². The quantitative estimate of drug-likeness (QED) is 0.738. The van der Waals surface area contributed by atoms with Gasteiger partial charge in [-0.05, 0) is 30.7 Å². The van der Waals surface area contributed by atoms with Gasteiger partial charge in [0.15, 0.2) is 5.57 Å². The first kappa shape index (κ1) is 19.9. The molecule has 1 fully saturated rings. The van der Waals surface area contributed by atoms with Gasteiger partial charge in [-0.1, -0.05) is 12.1 Å². The fourth-order valence-electron chi connectivity index (χ4n) is 2.99. The van der Waals surface area contributed by atoms with Crippen LogP contribution in [0.4, 0.5) is 0 Å². The first-order valence-electron chi connectivity index (χ1n) is 8.96. The van der Waals surface area contributed by atoms with Gasteiger partial charge in [0.25, 0.3) is 11.5 Å². The highest BCUT2D eigenvalue weighted by Gasteiger charge is 2.23. The van der Waals surface area contributed by atoms with Gasteiger partial charge in [-0.25, -0.2) is 0 Å². The molecular formula is C20H21N3O4S. The molecule has 0 aliphatic carbocycles. The molecule has 0 saturated carbocycles. The smallest absolute Gasteiger partial charge is 0.269 e. The molecule has 28 heavy (non-hydrogen) atoms. The van der Waals surface area contributed by atoms with Gasteiger partial charge in [0, 0.05) is 19.6 Å². The van der Waals surface area contributed by atoms with Gasteiger partial charge in [0.1, 0.15) is 16.5 Å². The molecule has 0 bridgehead atoms. The number of aromatic nitrogens is 1. The molecule has 1 aromatic carbocycles. The minimum atomic E-state index is -0.359. The summed E-state index contributed by atoms with van der Waals surface area (Å²) in [6, 6.07) is 9.37. The van der Waals surface area contributed by atoms with Crippen LogP contribution in [-0.2, 0) is 16.1 Å². The number of carbonyl (C=O) groups is 1. The van der Waals surface area contributed by atoms with Crippen molar-refractivity contribution in [3.63, 3.8) is 0 Å². The second kappa shape index (κ2) is 8.87. The molecule has 1 aliphatic rings. The Morgan fingerprint density at radius 3 is 2.79 bits per heavy atom. The standard InChI is InChI=1S/C20H21N3O4S/c1-3-23-19(25)17(12-14-5-4-6-15(11-14)26-2)28-20(23)16(13-21)18(24)22-7-9-27-10-8-22/h4-6,11-12H,3,7-10H2,1-2H3/b17-12-,20-16-.